The summed E-state index contributed by atoms with van der Waals surface area (Å²) in [5.74, 6) is 0.721. The lowest BCUT2D eigenvalue weighted by Gasteiger charge is -2.26. The second kappa shape index (κ2) is 12.1. The van der Waals surface area contributed by atoms with Crippen LogP contribution >= 0.6 is 7.60 Å². The first kappa shape index (κ1) is 26.7. The fraction of sp³-hybridized carbons (Fsp3) is 0.480. The molecule has 182 valence electrons. The summed E-state index contributed by atoms with van der Waals surface area (Å²) in [4.78, 5) is 12.2. The van der Waals surface area contributed by atoms with Gasteiger partial charge >= 0.3 is 13.6 Å². The van der Waals surface area contributed by atoms with Crippen molar-refractivity contribution in [2.45, 2.75) is 52.9 Å². The number of aliphatic hydroxyl groups is 1. The molecule has 8 heteroatoms. The van der Waals surface area contributed by atoms with E-state index in [1.807, 2.05) is 45.9 Å². The summed E-state index contributed by atoms with van der Waals surface area (Å²) in [6.07, 6.45) is 0.886. The largest absolute Gasteiger partial charge is 0.494 e. The Morgan fingerprint density at radius 2 is 1.73 bits per heavy atom. The highest BCUT2D eigenvalue weighted by molar-refractivity contribution is 7.55. The van der Waals surface area contributed by atoms with Gasteiger partial charge in [0.15, 0.2) is 6.16 Å². The van der Waals surface area contributed by atoms with Crippen molar-refractivity contribution in [3.8, 4) is 17.2 Å². The van der Waals surface area contributed by atoms with Crippen molar-refractivity contribution < 1.29 is 33.0 Å². The Morgan fingerprint density at radius 1 is 1.03 bits per heavy atom. The van der Waals surface area contributed by atoms with E-state index < -0.39 is 19.7 Å². The molecule has 0 spiro atoms. The molecule has 2 aromatic rings. The molecule has 0 aliphatic carbocycles. The zero-order valence-corrected chi connectivity index (χ0v) is 21.0. The van der Waals surface area contributed by atoms with Crippen molar-refractivity contribution in [3.05, 3.63) is 53.6 Å². The maximum Gasteiger partial charge on any atom is 0.441 e. The highest BCUT2D eigenvalue weighted by atomic mass is 31.2. The SMILES string of the molecule is CCOC(=O)CP(=O)(Oc1ccccc1C)Oc1ccc(OCCCCO)cc1C(C)(C)C. The highest BCUT2D eigenvalue weighted by Gasteiger charge is 2.35. The summed E-state index contributed by atoms with van der Waals surface area (Å²) in [5, 5.41) is 8.93. The molecule has 0 heterocycles. The molecule has 1 unspecified atom stereocenters. The monoisotopic (exact) mass is 478 g/mol. The Morgan fingerprint density at radius 3 is 2.36 bits per heavy atom. The Hall–Kier alpha value is -2.50. The molecule has 33 heavy (non-hydrogen) atoms. The summed E-state index contributed by atoms with van der Waals surface area (Å²) in [6.45, 7) is 10.3. The van der Waals surface area contributed by atoms with E-state index in [0.717, 1.165) is 17.5 Å². The van der Waals surface area contributed by atoms with Crippen LogP contribution in [-0.4, -0.2) is 37.1 Å². The molecule has 1 N–H and O–H groups in total. The third kappa shape index (κ3) is 8.41. The molecule has 0 radical (unpaired) electrons. The molecule has 0 saturated carbocycles. The maximum absolute atomic E-state index is 13.8. The van der Waals surface area contributed by atoms with Gasteiger partial charge in [0.05, 0.1) is 13.2 Å². The molecular formula is C25H35O7P. The van der Waals surface area contributed by atoms with Crippen LogP contribution in [0.25, 0.3) is 0 Å². The van der Waals surface area contributed by atoms with Crippen molar-refractivity contribution >= 4 is 13.6 Å². The number of rotatable bonds is 12. The Labute approximate surface area is 196 Å². The van der Waals surface area contributed by atoms with Gasteiger partial charge in [0.2, 0.25) is 0 Å². The average molecular weight is 479 g/mol. The lowest BCUT2D eigenvalue weighted by molar-refractivity contribution is -0.140. The molecule has 2 aromatic carbocycles. The molecule has 0 saturated heterocycles. The first-order chi connectivity index (χ1) is 15.6. The van der Waals surface area contributed by atoms with Crippen LogP contribution in [0.1, 0.15) is 51.7 Å². The summed E-state index contributed by atoms with van der Waals surface area (Å²) in [5.41, 5.74) is 1.17. The number of ether oxygens (including phenoxy) is 2. The zero-order valence-electron chi connectivity index (χ0n) is 20.1. The van der Waals surface area contributed by atoms with E-state index in [0.29, 0.717) is 30.3 Å². The molecule has 0 aromatic heterocycles. The smallest absolute Gasteiger partial charge is 0.441 e. The minimum absolute atomic E-state index is 0.125. The predicted molar refractivity (Wildman–Crippen MR) is 128 cm³/mol. The van der Waals surface area contributed by atoms with Gasteiger partial charge in [-0.2, -0.15) is 0 Å². The second-order valence-electron chi connectivity index (χ2n) is 8.71. The highest BCUT2D eigenvalue weighted by Crippen LogP contribution is 2.51. The number of esters is 1. The Balaban J connectivity index is 2.37. The standard InChI is InChI=1S/C25H35O7P/c1-6-29-24(27)18-33(28,31-22-12-8-7-11-19(22)2)32-23-14-13-20(30-16-10-9-15-26)17-21(23)25(3,4)5/h7-8,11-14,17,26H,6,9-10,15-16,18H2,1-5H3. The van der Waals surface area contributed by atoms with Gasteiger partial charge in [-0.25, -0.2) is 4.57 Å². The van der Waals surface area contributed by atoms with Gasteiger partial charge in [0, 0.05) is 12.2 Å². The summed E-state index contributed by atoms with van der Waals surface area (Å²) in [6, 6.07) is 12.4. The normalized spacial score (nSPS) is 13.2. The van der Waals surface area contributed by atoms with E-state index in [1.165, 1.54) is 0 Å². The number of hydrogen-bond donors (Lipinski definition) is 1. The van der Waals surface area contributed by atoms with Gasteiger partial charge in [-0.15, -0.1) is 0 Å². The fourth-order valence-electron chi connectivity index (χ4n) is 3.07. The average Bonchev–Trinajstić information content (AvgIpc) is 2.73. The van der Waals surface area contributed by atoms with Gasteiger partial charge in [-0.3, -0.25) is 4.79 Å². The van der Waals surface area contributed by atoms with Gasteiger partial charge in [-0.1, -0.05) is 39.0 Å². The number of aryl methyl sites for hydroxylation is 1. The molecule has 7 nitrogen and oxygen atoms in total. The van der Waals surface area contributed by atoms with Crippen molar-refractivity contribution in [3.63, 3.8) is 0 Å². The quantitative estimate of drug-likeness (QED) is 0.239. The van der Waals surface area contributed by atoms with E-state index in [2.05, 4.69) is 0 Å². The minimum atomic E-state index is -3.96. The molecular weight excluding hydrogens is 443 g/mol. The first-order valence-electron chi connectivity index (χ1n) is 11.2. The van der Waals surface area contributed by atoms with Crippen LogP contribution in [0.15, 0.2) is 42.5 Å². The third-order valence-corrected chi connectivity index (χ3v) is 6.37. The maximum atomic E-state index is 13.8. The molecule has 2 rings (SSSR count). The molecule has 1 atom stereocenters. The minimum Gasteiger partial charge on any atom is -0.494 e. The summed E-state index contributed by atoms with van der Waals surface area (Å²) in [7, 11) is -3.96. The molecule has 0 aliphatic heterocycles. The molecule has 0 fully saturated rings. The third-order valence-electron chi connectivity index (χ3n) is 4.78. The van der Waals surface area contributed by atoms with E-state index >= 15 is 0 Å². The van der Waals surface area contributed by atoms with E-state index in [-0.39, 0.29) is 18.6 Å². The van der Waals surface area contributed by atoms with Crippen LogP contribution in [0, 0.1) is 6.92 Å². The molecule has 0 aliphatic rings. The van der Waals surface area contributed by atoms with Crippen LogP contribution < -0.4 is 13.8 Å². The lowest BCUT2D eigenvalue weighted by atomic mass is 9.86. The Bertz CT molecular complexity index is 965. The van der Waals surface area contributed by atoms with Crippen LogP contribution in [0.2, 0.25) is 0 Å². The van der Waals surface area contributed by atoms with Gasteiger partial charge in [0.25, 0.3) is 0 Å². The van der Waals surface area contributed by atoms with Crippen molar-refractivity contribution in [1.82, 2.24) is 0 Å². The van der Waals surface area contributed by atoms with Crippen LogP contribution in [0.3, 0.4) is 0 Å². The van der Waals surface area contributed by atoms with Crippen LogP contribution in [0.4, 0.5) is 0 Å². The van der Waals surface area contributed by atoms with E-state index in [4.69, 9.17) is 23.6 Å². The molecule has 0 amide bonds. The first-order valence-corrected chi connectivity index (χ1v) is 12.9. The Kier molecular flexibility index (Phi) is 9.81. The number of carbonyl (C=O) groups excluding carboxylic acids is 1. The van der Waals surface area contributed by atoms with Gasteiger partial charge in [-0.05, 0) is 61.9 Å². The van der Waals surface area contributed by atoms with E-state index in [9.17, 15) is 9.36 Å². The molecule has 0 bridgehead atoms. The number of hydrogen-bond acceptors (Lipinski definition) is 7. The van der Waals surface area contributed by atoms with Crippen molar-refractivity contribution in [2.24, 2.45) is 0 Å². The topological polar surface area (TPSA) is 91.3 Å². The number of para-hydroxylation sites is 1. The number of aliphatic hydroxyl groups excluding tert-OH is 1. The predicted octanol–water partition coefficient (Wildman–Crippen LogP) is 5.66. The summed E-state index contributed by atoms with van der Waals surface area (Å²) < 4.78 is 36.4. The fourth-order valence-corrected chi connectivity index (χ4v) is 4.61. The zero-order chi connectivity index (χ0) is 24.5. The van der Waals surface area contributed by atoms with Crippen LogP contribution in [-0.2, 0) is 19.5 Å². The van der Waals surface area contributed by atoms with Gasteiger partial charge < -0.3 is 23.6 Å². The summed E-state index contributed by atoms with van der Waals surface area (Å²) >= 11 is 0. The van der Waals surface area contributed by atoms with Crippen molar-refractivity contribution in [1.29, 1.82) is 0 Å². The van der Waals surface area contributed by atoms with E-state index in [1.54, 1.807) is 31.2 Å². The number of unbranched alkanes of at least 4 members (excludes halogenated alkanes) is 1. The van der Waals surface area contributed by atoms with Gasteiger partial charge in [0.1, 0.15) is 17.2 Å². The van der Waals surface area contributed by atoms with Crippen molar-refractivity contribution in [2.75, 3.05) is 26.0 Å². The van der Waals surface area contributed by atoms with Crippen LogP contribution in [0.5, 0.6) is 17.2 Å². The number of carbonyl (C=O) groups is 1. The second-order valence-corrected chi connectivity index (χ2v) is 10.6. The number of benzene rings is 2. The lowest BCUT2D eigenvalue weighted by Crippen LogP contribution is -2.18.